The molecule has 2 aromatic heterocycles. The Morgan fingerprint density at radius 3 is 2.26 bits per heavy atom. The number of benzene rings is 1. The quantitative estimate of drug-likeness (QED) is 0.679. The van der Waals surface area contributed by atoms with Gasteiger partial charge in [0.2, 0.25) is 0 Å². The van der Waals surface area contributed by atoms with Gasteiger partial charge in [-0.1, -0.05) is 30.3 Å². The molecule has 2 heteroatoms. The molecule has 0 saturated carbocycles. The van der Waals surface area contributed by atoms with Gasteiger partial charge in [-0.15, -0.1) is 0 Å². The molecule has 2 nitrogen and oxygen atoms in total. The molecule has 0 radical (unpaired) electrons. The number of rotatable bonds is 2. The van der Waals surface area contributed by atoms with Gasteiger partial charge in [-0.2, -0.15) is 0 Å². The van der Waals surface area contributed by atoms with Crippen LogP contribution in [0.5, 0.6) is 0 Å². The molecule has 0 aliphatic rings. The molecule has 3 aromatic rings. The predicted octanol–water partition coefficient (Wildman–Crippen LogP) is 4.12. The second-order valence-electron chi connectivity index (χ2n) is 4.49. The molecule has 0 amide bonds. The van der Waals surface area contributed by atoms with Gasteiger partial charge in [0.1, 0.15) is 0 Å². The Balaban J connectivity index is 2.04. The fraction of sp³-hybridized carbons (Fsp3) is 0.0588. The highest BCUT2D eigenvalue weighted by Gasteiger charge is 2.05. The lowest BCUT2D eigenvalue weighted by Gasteiger charge is -2.08. The normalized spacial score (nSPS) is 10.4. The number of hydrogen-bond acceptors (Lipinski definition) is 2. The molecule has 0 unspecified atom stereocenters. The number of hydrogen-bond donors (Lipinski definition) is 0. The third kappa shape index (κ3) is 2.38. The van der Waals surface area contributed by atoms with Crippen molar-refractivity contribution in [3.05, 3.63) is 72.7 Å². The molecule has 3 rings (SSSR count). The molecule has 0 aliphatic heterocycles. The monoisotopic (exact) mass is 246 g/mol. The summed E-state index contributed by atoms with van der Waals surface area (Å²) in [5, 5.41) is 0. The van der Waals surface area contributed by atoms with Crippen molar-refractivity contribution in [2.75, 3.05) is 0 Å². The summed E-state index contributed by atoms with van der Waals surface area (Å²) in [6.07, 6.45) is 5.52. The fourth-order valence-electron chi connectivity index (χ4n) is 2.16. The summed E-state index contributed by atoms with van der Waals surface area (Å²) in [5.74, 6) is 0. The molecule has 0 fully saturated rings. The van der Waals surface area contributed by atoms with E-state index in [0.717, 1.165) is 11.3 Å². The maximum Gasteiger partial charge on any atom is 0.0706 e. The molecule has 0 atom stereocenters. The van der Waals surface area contributed by atoms with Crippen LogP contribution in [0.2, 0.25) is 0 Å². The van der Waals surface area contributed by atoms with E-state index in [-0.39, 0.29) is 0 Å². The standard InChI is InChI=1S/C17H14N2/c1-13-11-17(15-7-9-18-10-8-15)19-12-16(13)14-5-3-2-4-6-14/h2-12H,1H3. The van der Waals surface area contributed by atoms with Gasteiger partial charge >= 0.3 is 0 Å². The maximum atomic E-state index is 4.56. The smallest absolute Gasteiger partial charge is 0.0706 e. The highest BCUT2D eigenvalue weighted by molar-refractivity contribution is 5.70. The molecule has 0 aliphatic carbocycles. The Morgan fingerprint density at radius 2 is 1.58 bits per heavy atom. The van der Waals surface area contributed by atoms with Gasteiger partial charge in [0.15, 0.2) is 0 Å². The second kappa shape index (κ2) is 5.02. The van der Waals surface area contributed by atoms with Gasteiger partial charge in [0.25, 0.3) is 0 Å². The summed E-state index contributed by atoms with van der Waals surface area (Å²) < 4.78 is 0. The molecule has 0 spiro atoms. The summed E-state index contributed by atoms with van der Waals surface area (Å²) in [6.45, 7) is 2.12. The van der Waals surface area contributed by atoms with Crippen LogP contribution in [-0.4, -0.2) is 9.97 Å². The van der Waals surface area contributed by atoms with Gasteiger partial charge in [-0.05, 0) is 36.2 Å². The van der Waals surface area contributed by atoms with E-state index in [1.54, 1.807) is 12.4 Å². The van der Waals surface area contributed by atoms with E-state index in [2.05, 4.69) is 35.1 Å². The van der Waals surface area contributed by atoms with E-state index in [1.807, 2.05) is 36.5 Å². The van der Waals surface area contributed by atoms with Gasteiger partial charge in [0.05, 0.1) is 5.69 Å². The van der Waals surface area contributed by atoms with Gasteiger partial charge in [-0.3, -0.25) is 9.97 Å². The van der Waals surface area contributed by atoms with Crippen LogP contribution in [-0.2, 0) is 0 Å². The SMILES string of the molecule is Cc1cc(-c2ccncc2)ncc1-c1ccccc1. The first-order valence-corrected chi connectivity index (χ1v) is 6.27. The minimum Gasteiger partial charge on any atom is -0.265 e. The fourth-order valence-corrected chi connectivity index (χ4v) is 2.16. The number of aromatic nitrogens is 2. The van der Waals surface area contributed by atoms with Crippen molar-refractivity contribution in [2.24, 2.45) is 0 Å². The molecule has 92 valence electrons. The highest BCUT2D eigenvalue weighted by Crippen LogP contribution is 2.25. The summed E-state index contributed by atoms with van der Waals surface area (Å²) in [6, 6.07) is 16.4. The van der Waals surface area contributed by atoms with Crippen molar-refractivity contribution in [1.82, 2.24) is 9.97 Å². The van der Waals surface area contributed by atoms with Crippen LogP contribution in [0.1, 0.15) is 5.56 Å². The molecular formula is C17H14N2. The van der Waals surface area contributed by atoms with Gasteiger partial charge in [0, 0.05) is 29.7 Å². The van der Waals surface area contributed by atoms with E-state index < -0.39 is 0 Å². The zero-order valence-electron chi connectivity index (χ0n) is 10.7. The van der Waals surface area contributed by atoms with Crippen molar-refractivity contribution < 1.29 is 0 Å². The third-order valence-electron chi connectivity index (χ3n) is 3.17. The second-order valence-corrected chi connectivity index (χ2v) is 4.49. The Bertz CT molecular complexity index is 676. The van der Waals surface area contributed by atoms with Crippen LogP contribution in [0.4, 0.5) is 0 Å². The summed E-state index contributed by atoms with van der Waals surface area (Å²) in [5.41, 5.74) is 5.69. The molecule has 0 bridgehead atoms. The Morgan fingerprint density at radius 1 is 0.842 bits per heavy atom. The summed E-state index contributed by atoms with van der Waals surface area (Å²) in [7, 11) is 0. The first kappa shape index (κ1) is 11.6. The van der Waals surface area contributed by atoms with E-state index in [9.17, 15) is 0 Å². The lowest BCUT2D eigenvalue weighted by atomic mass is 10.0. The molecule has 19 heavy (non-hydrogen) atoms. The predicted molar refractivity (Wildman–Crippen MR) is 77.6 cm³/mol. The molecular weight excluding hydrogens is 232 g/mol. The zero-order valence-corrected chi connectivity index (χ0v) is 10.7. The van der Waals surface area contributed by atoms with Crippen molar-refractivity contribution in [3.63, 3.8) is 0 Å². The minimum atomic E-state index is 0.986. The van der Waals surface area contributed by atoms with Crippen LogP contribution >= 0.6 is 0 Å². The largest absolute Gasteiger partial charge is 0.265 e. The lowest BCUT2D eigenvalue weighted by molar-refractivity contribution is 1.27. The molecule has 2 heterocycles. The number of aryl methyl sites for hydroxylation is 1. The van der Waals surface area contributed by atoms with Gasteiger partial charge < -0.3 is 0 Å². The van der Waals surface area contributed by atoms with Crippen LogP contribution in [0.3, 0.4) is 0 Å². The van der Waals surface area contributed by atoms with Crippen molar-refractivity contribution in [3.8, 4) is 22.4 Å². The number of pyridine rings is 2. The van der Waals surface area contributed by atoms with Crippen molar-refractivity contribution in [1.29, 1.82) is 0 Å². The summed E-state index contributed by atoms with van der Waals surface area (Å²) in [4.78, 5) is 8.59. The highest BCUT2D eigenvalue weighted by atomic mass is 14.7. The lowest BCUT2D eigenvalue weighted by Crippen LogP contribution is -1.89. The first-order chi connectivity index (χ1) is 9.34. The minimum absolute atomic E-state index is 0.986. The van der Waals surface area contributed by atoms with Crippen LogP contribution < -0.4 is 0 Å². The zero-order chi connectivity index (χ0) is 13.1. The summed E-state index contributed by atoms with van der Waals surface area (Å²) >= 11 is 0. The van der Waals surface area contributed by atoms with Crippen molar-refractivity contribution in [2.45, 2.75) is 6.92 Å². The Kier molecular flexibility index (Phi) is 3.07. The van der Waals surface area contributed by atoms with Crippen LogP contribution in [0, 0.1) is 6.92 Å². The first-order valence-electron chi connectivity index (χ1n) is 6.27. The van der Waals surface area contributed by atoms with E-state index in [1.165, 1.54) is 16.7 Å². The van der Waals surface area contributed by atoms with E-state index in [4.69, 9.17) is 0 Å². The van der Waals surface area contributed by atoms with Crippen molar-refractivity contribution >= 4 is 0 Å². The maximum absolute atomic E-state index is 4.56. The average molecular weight is 246 g/mol. The van der Waals surface area contributed by atoms with Crippen LogP contribution in [0.15, 0.2) is 67.1 Å². The molecule has 0 saturated heterocycles. The molecule has 1 aromatic carbocycles. The number of nitrogens with zero attached hydrogens (tertiary/aromatic N) is 2. The van der Waals surface area contributed by atoms with E-state index >= 15 is 0 Å². The van der Waals surface area contributed by atoms with Crippen LogP contribution in [0.25, 0.3) is 22.4 Å². The topological polar surface area (TPSA) is 25.8 Å². The average Bonchev–Trinajstić information content (AvgIpc) is 2.49. The van der Waals surface area contributed by atoms with Gasteiger partial charge in [-0.25, -0.2) is 0 Å². The van der Waals surface area contributed by atoms with E-state index in [0.29, 0.717) is 0 Å². The third-order valence-corrected chi connectivity index (χ3v) is 3.17. The Hall–Kier alpha value is -2.48. The Labute approximate surface area is 112 Å². The molecule has 0 N–H and O–H groups in total.